The Bertz CT molecular complexity index is 835. The van der Waals surface area contributed by atoms with Gasteiger partial charge in [0, 0.05) is 38.1 Å². The van der Waals surface area contributed by atoms with Crippen molar-refractivity contribution in [2.24, 2.45) is 7.05 Å². The van der Waals surface area contributed by atoms with Crippen LogP contribution >= 0.6 is 0 Å². The molecule has 0 saturated carbocycles. The number of fused-ring (bicyclic) bond motifs is 1. The maximum absolute atomic E-state index is 13.1. The van der Waals surface area contributed by atoms with Gasteiger partial charge in [-0.05, 0) is 24.3 Å². The fourth-order valence-electron chi connectivity index (χ4n) is 3.51. The van der Waals surface area contributed by atoms with Crippen molar-refractivity contribution in [1.29, 1.82) is 0 Å². The van der Waals surface area contributed by atoms with E-state index in [2.05, 4.69) is 4.98 Å². The summed E-state index contributed by atoms with van der Waals surface area (Å²) in [4.78, 5) is 32.8. The highest BCUT2D eigenvalue weighted by Gasteiger charge is 2.44. The van der Waals surface area contributed by atoms with Crippen molar-refractivity contribution < 1.29 is 18.7 Å². The molecule has 26 heavy (non-hydrogen) atoms. The zero-order valence-electron chi connectivity index (χ0n) is 14.3. The minimum Gasteiger partial charge on any atom is -0.364 e. The molecule has 2 aliphatic rings. The summed E-state index contributed by atoms with van der Waals surface area (Å²) in [6, 6.07) is 5.26. The van der Waals surface area contributed by atoms with Gasteiger partial charge in [-0.1, -0.05) is 0 Å². The number of ether oxygens (including phenoxy) is 1. The van der Waals surface area contributed by atoms with Crippen molar-refractivity contribution in [3.8, 4) is 0 Å². The van der Waals surface area contributed by atoms with Crippen LogP contribution in [-0.4, -0.2) is 63.0 Å². The first kappa shape index (κ1) is 16.7. The summed E-state index contributed by atoms with van der Waals surface area (Å²) in [6.07, 6.45) is 3.30. The molecule has 2 atom stereocenters. The minimum atomic E-state index is -0.383. The Morgan fingerprint density at radius 1 is 1.31 bits per heavy atom. The minimum absolute atomic E-state index is 0.00414. The molecular weight excluding hydrogens is 339 g/mol. The number of rotatable bonds is 3. The number of carbonyl (C=O) groups is 2. The van der Waals surface area contributed by atoms with Crippen molar-refractivity contribution in [2.45, 2.75) is 18.7 Å². The molecular formula is C18H19FN4O3. The van der Waals surface area contributed by atoms with E-state index in [0.29, 0.717) is 25.2 Å². The third-order valence-corrected chi connectivity index (χ3v) is 4.99. The number of hydrogen-bond donors (Lipinski definition) is 0. The number of benzene rings is 1. The molecule has 136 valence electrons. The molecule has 0 radical (unpaired) electrons. The Morgan fingerprint density at radius 2 is 2.08 bits per heavy atom. The topological polar surface area (TPSA) is 67.7 Å². The van der Waals surface area contributed by atoms with Crippen LogP contribution in [0.25, 0.3) is 0 Å². The number of hydrogen-bond acceptors (Lipinski definition) is 4. The maximum atomic E-state index is 13.1. The Balaban J connectivity index is 1.52. The molecule has 2 fully saturated rings. The Morgan fingerprint density at radius 3 is 2.77 bits per heavy atom. The summed E-state index contributed by atoms with van der Waals surface area (Å²) < 4.78 is 20.6. The van der Waals surface area contributed by atoms with E-state index in [1.54, 1.807) is 16.0 Å². The summed E-state index contributed by atoms with van der Waals surface area (Å²) >= 11 is 0. The molecule has 7 nitrogen and oxygen atoms in total. The second-order valence-electron chi connectivity index (χ2n) is 6.61. The van der Waals surface area contributed by atoms with Gasteiger partial charge in [0.1, 0.15) is 18.2 Å². The smallest absolute Gasteiger partial charge is 0.254 e. The number of imidazole rings is 1. The molecule has 2 amide bonds. The highest BCUT2D eigenvalue weighted by atomic mass is 19.1. The summed E-state index contributed by atoms with van der Waals surface area (Å²) in [5, 5.41) is 0. The van der Waals surface area contributed by atoms with Gasteiger partial charge in [0.25, 0.3) is 5.91 Å². The molecule has 0 bridgehead atoms. The number of morpholine rings is 1. The lowest BCUT2D eigenvalue weighted by molar-refractivity contribution is -0.154. The van der Waals surface area contributed by atoms with Gasteiger partial charge >= 0.3 is 0 Å². The van der Waals surface area contributed by atoms with Gasteiger partial charge < -0.3 is 19.1 Å². The Hall–Kier alpha value is -2.74. The van der Waals surface area contributed by atoms with E-state index in [1.165, 1.54) is 24.3 Å². The standard InChI is InChI=1S/C18H19FN4O3/c1-21-7-6-20-16(21)10-23-14-8-22(9-15(14)26-11-17(23)24)18(25)12-2-4-13(19)5-3-12/h2-7,14-15H,8-11H2,1H3. The molecule has 0 N–H and O–H groups in total. The normalized spacial score (nSPS) is 22.6. The van der Waals surface area contributed by atoms with Crippen LogP contribution in [0.5, 0.6) is 0 Å². The van der Waals surface area contributed by atoms with Crippen molar-refractivity contribution in [3.05, 3.63) is 53.9 Å². The van der Waals surface area contributed by atoms with Gasteiger partial charge in [0.2, 0.25) is 5.91 Å². The predicted molar refractivity (Wildman–Crippen MR) is 89.6 cm³/mol. The zero-order valence-corrected chi connectivity index (χ0v) is 14.3. The largest absolute Gasteiger partial charge is 0.364 e. The lowest BCUT2D eigenvalue weighted by Crippen LogP contribution is -2.53. The maximum Gasteiger partial charge on any atom is 0.254 e. The van der Waals surface area contributed by atoms with Crippen molar-refractivity contribution in [3.63, 3.8) is 0 Å². The molecule has 8 heteroatoms. The highest BCUT2D eigenvalue weighted by molar-refractivity contribution is 5.94. The molecule has 1 aromatic carbocycles. The third kappa shape index (κ3) is 2.96. The SMILES string of the molecule is Cn1ccnc1CN1C(=O)COC2CN(C(=O)c3ccc(F)cc3)CC21. The summed E-state index contributed by atoms with van der Waals surface area (Å²) in [5.74, 6) is 0.104. The second-order valence-corrected chi connectivity index (χ2v) is 6.61. The number of halogens is 1. The predicted octanol–water partition coefficient (Wildman–Crippen LogP) is 0.811. The van der Waals surface area contributed by atoms with E-state index in [0.717, 1.165) is 5.82 Å². The lowest BCUT2D eigenvalue weighted by Gasteiger charge is -2.36. The molecule has 2 saturated heterocycles. The molecule has 0 aliphatic carbocycles. The van der Waals surface area contributed by atoms with Gasteiger partial charge in [-0.3, -0.25) is 9.59 Å². The van der Waals surface area contributed by atoms with Crippen LogP contribution in [0.15, 0.2) is 36.7 Å². The van der Waals surface area contributed by atoms with Crippen LogP contribution < -0.4 is 0 Å². The number of likely N-dealkylation sites (tertiary alicyclic amines) is 1. The Labute approximate surface area is 150 Å². The lowest BCUT2D eigenvalue weighted by atomic mass is 10.1. The number of amides is 2. The van der Waals surface area contributed by atoms with E-state index in [1.807, 2.05) is 17.8 Å². The first-order chi connectivity index (χ1) is 12.5. The van der Waals surface area contributed by atoms with Crippen molar-refractivity contribution in [2.75, 3.05) is 19.7 Å². The molecule has 2 unspecified atom stereocenters. The number of aryl methyl sites for hydroxylation is 1. The van der Waals surface area contributed by atoms with Crippen LogP contribution in [0.3, 0.4) is 0 Å². The van der Waals surface area contributed by atoms with E-state index < -0.39 is 0 Å². The van der Waals surface area contributed by atoms with E-state index in [9.17, 15) is 14.0 Å². The number of nitrogens with zero attached hydrogens (tertiary/aromatic N) is 4. The van der Waals surface area contributed by atoms with Gasteiger partial charge in [0.15, 0.2) is 0 Å². The molecule has 1 aromatic heterocycles. The van der Waals surface area contributed by atoms with E-state index in [4.69, 9.17) is 4.74 Å². The summed E-state index contributed by atoms with van der Waals surface area (Å²) in [6.45, 7) is 1.18. The molecule has 2 aromatic rings. The Kier molecular flexibility index (Phi) is 4.20. The fraction of sp³-hybridized carbons (Fsp3) is 0.389. The quantitative estimate of drug-likeness (QED) is 0.814. The number of carbonyl (C=O) groups excluding carboxylic acids is 2. The van der Waals surface area contributed by atoms with E-state index in [-0.39, 0.29) is 36.4 Å². The first-order valence-corrected chi connectivity index (χ1v) is 8.45. The van der Waals surface area contributed by atoms with Crippen molar-refractivity contribution >= 4 is 11.8 Å². The van der Waals surface area contributed by atoms with Crippen LogP contribution in [0.2, 0.25) is 0 Å². The first-order valence-electron chi connectivity index (χ1n) is 8.45. The van der Waals surface area contributed by atoms with Crippen molar-refractivity contribution in [1.82, 2.24) is 19.4 Å². The van der Waals surface area contributed by atoms with Crippen LogP contribution in [0.1, 0.15) is 16.2 Å². The van der Waals surface area contributed by atoms with Crippen LogP contribution in [-0.2, 0) is 23.1 Å². The average Bonchev–Trinajstić information content (AvgIpc) is 3.24. The monoisotopic (exact) mass is 358 g/mol. The number of aromatic nitrogens is 2. The molecule has 3 heterocycles. The zero-order chi connectivity index (χ0) is 18.3. The highest BCUT2D eigenvalue weighted by Crippen LogP contribution is 2.26. The molecule has 2 aliphatic heterocycles. The third-order valence-electron chi connectivity index (χ3n) is 4.99. The average molecular weight is 358 g/mol. The van der Waals surface area contributed by atoms with Crippen LogP contribution in [0.4, 0.5) is 4.39 Å². The van der Waals surface area contributed by atoms with Gasteiger partial charge in [-0.15, -0.1) is 0 Å². The fourth-order valence-corrected chi connectivity index (χ4v) is 3.51. The van der Waals surface area contributed by atoms with Gasteiger partial charge in [-0.2, -0.15) is 0 Å². The second kappa shape index (κ2) is 6.53. The summed E-state index contributed by atoms with van der Waals surface area (Å²) in [5.41, 5.74) is 0.423. The van der Waals surface area contributed by atoms with Gasteiger partial charge in [0.05, 0.1) is 18.7 Å². The van der Waals surface area contributed by atoms with E-state index >= 15 is 0 Å². The van der Waals surface area contributed by atoms with Crippen LogP contribution in [0, 0.1) is 5.82 Å². The molecule has 0 spiro atoms. The van der Waals surface area contributed by atoms with Gasteiger partial charge in [-0.25, -0.2) is 9.37 Å². The summed E-state index contributed by atoms with van der Waals surface area (Å²) in [7, 11) is 1.88. The molecule has 4 rings (SSSR count).